The van der Waals surface area contributed by atoms with Gasteiger partial charge >= 0.3 is 0 Å². The molecule has 18 heavy (non-hydrogen) atoms. The summed E-state index contributed by atoms with van der Waals surface area (Å²) in [5.41, 5.74) is 3.92. The summed E-state index contributed by atoms with van der Waals surface area (Å²) in [6.45, 7) is 3.37. The fourth-order valence-electron chi connectivity index (χ4n) is 2.08. The zero-order chi connectivity index (χ0) is 13.0. The predicted octanol–water partition coefficient (Wildman–Crippen LogP) is 2.98. The predicted molar refractivity (Wildman–Crippen MR) is 71.2 cm³/mol. The van der Waals surface area contributed by atoms with Crippen molar-refractivity contribution in [1.29, 1.82) is 5.26 Å². The van der Waals surface area contributed by atoms with Gasteiger partial charge < -0.3 is 9.30 Å². The van der Waals surface area contributed by atoms with Gasteiger partial charge in [0.1, 0.15) is 6.07 Å². The van der Waals surface area contributed by atoms with Gasteiger partial charge in [0.05, 0.1) is 12.2 Å². The lowest BCUT2D eigenvalue weighted by atomic mass is 10.1. The van der Waals surface area contributed by atoms with Crippen LogP contribution < -0.4 is 0 Å². The van der Waals surface area contributed by atoms with Crippen molar-refractivity contribution in [2.45, 2.75) is 13.5 Å². The summed E-state index contributed by atoms with van der Waals surface area (Å²) in [7, 11) is 1.69. The lowest BCUT2D eigenvalue weighted by molar-refractivity contribution is 0.187. The Bertz CT molecular complexity index is 564. The zero-order valence-electron chi connectivity index (χ0n) is 10.7. The Labute approximate surface area is 107 Å². The minimum Gasteiger partial charge on any atom is -0.383 e. The summed E-state index contributed by atoms with van der Waals surface area (Å²) in [5, 5.41) is 9.13. The third-order valence-corrected chi connectivity index (χ3v) is 3.08. The average Bonchev–Trinajstić information content (AvgIpc) is 2.74. The molecule has 2 aromatic rings. The van der Waals surface area contributed by atoms with Crippen LogP contribution in [0.15, 0.2) is 36.4 Å². The smallest absolute Gasteiger partial charge is 0.101 e. The van der Waals surface area contributed by atoms with Crippen molar-refractivity contribution in [3.63, 3.8) is 0 Å². The Morgan fingerprint density at radius 3 is 2.61 bits per heavy atom. The van der Waals surface area contributed by atoms with E-state index in [1.807, 2.05) is 31.2 Å². The van der Waals surface area contributed by atoms with Crippen LogP contribution in [0.3, 0.4) is 0 Å². The van der Waals surface area contributed by atoms with Crippen LogP contribution in [0, 0.1) is 18.3 Å². The highest BCUT2D eigenvalue weighted by atomic mass is 16.5. The first-order valence-electron chi connectivity index (χ1n) is 5.92. The molecule has 1 heterocycles. The number of aromatic nitrogens is 1. The lowest BCUT2D eigenvalue weighted by Gasteiger charge is -2.11. The number of benzene rings is 1. The van der Waals surface area contributed by atoms with Crippen molar-refractivity contribution in [2.24, 2.45) is 0 Å². The van der Waals surface area contributed by atoms with Gasteiger partial charge in [-0.25, -0.2) is 0 Å². The monoisotopic (exact) mass is 240 g/mol. The molecule has 1 aromatic carbocycles. The van der Waals surface area contributed by atoms with Gasteiger partial charge in [-0.15, -0.1) is 0 Å². The third-order valence-electron chi connectivity index (χ3n) is 3.08. The molecular weight excluding hydrogens is 224 g/mol. The highest BCUT2D eigenvalue weighted by Crippen LogP contribution is 2.25. The molecule has 1 aromatic heterocycles. The molecule has 0 aliphatic carbocycles. The van der Waals surface area contributed by atoms with Crippen LogP contribution in [0.25, 0.3) is 11.3 Å². The summed E-state index contributed by atoms with van der Waals surface area (Å²) >= 11 is 0. The van der Waals surface area contributed by atoms with E-state index in [2.05, 4.69) is 22.8 Å². The highest BCUT2D eigenvalue weighted by molar-refractivity contribution is 5.64. The number of ether oxygens (including phenoxy) is 1. The van der Waals surface area contributed by atoms with Crippen LogP contribution in [0.1, 0.15) is 11.3 Å². The molecule has 0 saturated heterocycles. The fraction of sp³-hybridized carbons (Fsp3) is 0.267. The van der Waals surface area contributed by atoms with Crippen LogP contribution in [0.4, 0.5) is 0 Å². The molecule has 92 valence electrons. The summed E-state index contributed by atoms with van der Waals surface area (Å²) in [6, 6.07) is 14.3. The second-order valence-corrected chi connectivity index (χ2v) is 4.15. The molecule has 0 fully saturated rings. The Morgan fingerprint density at radius 2 is 2.00 bits per heavy atom. The Kier molecular flexibility index (Phi) is 3.81. The van der Waals surface area contributed by atoms with Crippen LogP contribution >= 0.6 is 0 Å². The molecule has 0 amide bonds. The number of hydrogen-bond acceptors (Lipinski definition) is 2. The molecule has 0 N–H and O–H groups in total. The summed E-state index contributed by atoms with van der Waals surface area (Å²) in [6.07, 6.45) is 0. The van der Waals surface area contributed by atoms with Gasteiger partial charge in [-0.2, -0.15) is 5.26 Å². The molecule has 0 spiro atoms. The van der Waals surface area contributed by atoms with Crippen LogP contribution in [-0.4, -0.2) is 18.3 Å². The van der Waals surface area contributed by atoms with E-state index in [4.69, 9.17) is 10.00 Å². The molecule has 0 aliphatic rings. The van der Waals surface area contributed by atoms with Gasteiger partial charge in [0.15, 0.2) is 0 Å². The molecule has 0 saturated carbocycles. The second-order valence-electron chi connectivity index (χ2n) is 4.15. The first-order chi connectivity index (χ1) is 8.77. The van der Waals surface area contributed by atoms with Gasteiger partial charge in [0.25, 0.3) is 0 Å². The maximum atomic E-state index is 9.13. The van der Waals surface area contributed by atoms with Crippen molar-refractivity contribution in [3.8, 4) is 17.3 Å². The molecule has 0 unspecified atom stereocenters. The molecule has 2 rings (SSSR count). The summed E-state index contributed by atoms with van der Waals surface area (Å²) < 4.78 is 7.27. The standard InChI is InChI=1S/C15H16N2O/c1-12-14(11-16)10-15(17(12)8-9-18-2)13-6-4-3-5-7-13/h3-7,10H,8-9H2,1-2H3. The number of nitriles is 1. The normalized spacial score (nSPS) is 10.3. The van der Waals surface area contributed by atoms with Crippen LogP contribution in [0.5, 0.6) is 0 Å². The van der Waals surface area contributed by atoms with E-state index < -0.39 is 0 Å². The van der Waals surface area contributed by atoms with E-state index in [-0.39, 0.29) is 0 Å². The minimum atomic E-state index is 0.639. The number of methoxy groups -OCH3 is 1. The topological polar surface area (TPSA) is 38.0 Å². The molecule has 0 aliphatic heterocycles. The fourth-order valence-corrected chi connectivity index (χ4v) is 2.08. The van der Waals surface area contributed by atoms with Crippen molar-refractivity contribution in [3.05, 3.63) is 47.7 Å². The van der Waals surface area contributed by atoms with Crippen molar-refractivity contribution >= 4 is 0 Å². The van der Waals surface area contributed by atoms with E-state index in [9.17, 15) is 0 Å². The summed E-state index contributed by atoms with van der Waals surface area (Å²) in [4.78, 5) is 0. The van der Waals surface area contributed by atoms with E-state index >= 15 is 0 Å². The Hall–Kier alpha value is -2.05. The van der Waals surface area contributed by atoms with E-state index in [0.29, 0.717) is 6.61 Å². The molecular formula is C15H16N2O. The maximum Gasteiger partial charge on any atom is 0.101 e. The molecule has 0 bridgehead atoms. The molecule has 3 nitrogen and oxygen atoms in total. The Balaban J connectivity index is 2.49. The lowest BCUT2D eigenvalue weighted by Crippen LogP contribution is -2.07. The van der Waals surface area contributed by atoms with E-state index in [0.717, 1.165) is 29.1 Å². The maximum absolute atomic E-state index is 9.13. The quantitative estimate of drug-likeness (QED) is 0.824. The van der Waals surface area contributed by atoms with Gasteiger partial charge in [-0.1, -0.05) is 30.3 Å². The van der Waals surface area contributed by atoms with Crippen LogP contribution in [-0.2, 0) is 11.3 Å². The molecule has 3 heteroatoms. The zero-order valence-corrected chi connectivity index (χ0v) is 10.7. The Morgan fingerprint density at radius 1 is 1.28 bits per heavy atom. The van der Waals surface area contributed by atoms with Gasteiger partial charge in [0, 0.05) is 25.0 Å². The van der Waals surface area contributed by atoms with Crippen LogP contribution in [0.2, 0.25) is 0 Å². The van der Waals surface area contributed by atoms with Gasteiger partial charge in [-0.05, 0) is 18.6 Å². The van der Waals surface area contributed by atoms with E-state index in [1.54, 1.807) is 7.11 Å². The number of hydrogen-bond donors (Lipinski definition) is 0. The molecule has 0 radical (unpaired) electrons. The SMILES string of the molecule is COCCn1c(-c2ccccc2)cc(C#N)c1C. The number of rotatable bonds is 4. The van der Waals surface area contributed by atoms with Gasteiger partial charge in [-0.3, -0.25) is 0 Å². The van der Waals surface area contributed by atoms with Crippen molar-refractivity contribution in [2.75, 3.05) is 13.7 Å². The van der Waals surface area contributed by atoms with Crippen molar-refractivity contribution in [1.82, 2.24) is 4.57 Å². The van der Waals surface area contributed by atoms with E-state index in [1.165, 1.54) is 0 Å². The minimum absolute atomic E-state index is 0.639. The van der Waals surface area contributed by atoms with Gasteiger partial charge in [0.2, 0.25) is 0 Å². The summed E-state index contributed by atoms with van der Waals surface area (Å²) in [5.74, 6) is 0. The second kappa shape index (κ2) is 5.52. The van der Waals surface area contributed by atoms with Crippen molar-refractivity contribution < 1.29 is 4.74 Å². The molecule has 0 atom stereocenters. The first-order valence-corrected chi connectivity index (χ1v) is 5.92. The number of nitrogens with zero attached hydrogens (tertiary/aromatic N) is 2. The highest BCUT2D eigenvalue weighted by Gasteiger charge is 2.12. The third kappa shape index (κ3) is 2.29. The first kappa shape index (κ1) is 12.4. The average molecular weight is 240 g/mol. The largest absolute Gasteiger partial charge is 0.383 e.